The molecule has 1 aliphatic heterocycles. The minimum atomic E-state index is -2.76. The average Bonchev–Trinajstić information content (AvgIpc) is 3.13. The standard InChI is InChI=1S/C8H17NO6Si/c1-11-16(12-2,13-3)6-9-8(10)15-5-7-4-14-7/h7H,4-6H2,1-3H3,(H,9,10). The first-order valence-corrected chi connectivity index (χ1v) is 6.76. The van der Waals surface area contributed by atoms with Crippen molar-refractivity contribution in [2.45, 2.75) is 6.10 Å². The van der Waals surface area contributed by atoms with Gasteiger partial charge in [0.2, 0.25) is 0 Å². The molecule has 7 nitrogen and oxygen atoms in total. The van der Waals surface area contributed by atoms with Crippen LogP contribution < -0.4 is 5.32 Å². The Morgan fingerprint density at radius 3 is 2.38 bits per heavy atom. The van der Waals surface area contributed by atoms with Crippen LogP contribution in [0.3, 0.4) is 0 Å². The number of nitrogens with one attached hydrogen (secondary N) is 1. The molecule has 1 rings (SSSR count). The number of alkyl carbamates (subject to hydrolysis) is 1. The Morgan fingerprint density at radius 1 is 1.38 bits per heavy atom. The summed E-state index contributed by atoms with van der Waals surface area (Å²) >= 11 is 0. The fourth-order valence-electron chi connectivity index (χ4n) is 1.03. The summed E-state index contributed by atoms with van der Waals surface area (Å²) in [6.07, 6.45) is -0.306. The van der Waals surface area contributed by atoms with Crippen LogP contribution in [0.1, 0.15) is 0 Å². The molecule has 1 fully saturated rings. The van der Waals surface area contributed by atoms with Crippen molar-refractivity contribution in [2.24, 2.45) is 0 Å². The number of carbonyl (C=O) groups is 1. The zero-order valence-corrected chi connectivity index (χ0v) is 10.6. The van der Waals surface area contributed by atoms with E-state index in [1.54, 1.807) is 0 Å². The normalized spacial score (nSPS) is 19.3. The van der Waals surface area contributed by atoms with Crippen LogP contribution in [-0.2, 0) is 22.8 Å². The average molecular weight is 251 g/mol. The van der Waals surface area contributed by atoms with Gasteiger partial charge < -0.3 is 28.1 Å². The van der Waals surface area contributed by atoms with E-state index in [2.05, 4.69) is 5.32 Å². The van der Waals surface area contributed by atoms with E-state index in [0.717, 1.165) is 0 Å². The molecule has 0 spiro atoms. The second-order valence-electron chi connectivity index (χ2n) is 3.20. The smallest absolute Gasteiger partial charge is 0.447 e. The molecular weight excluding hydrogens is 234 g/mol. The molecule has 8 heteroatoms. The van der Waals surface area contributed by atoms with Gasteiger partial charge in [-0.05, 0) is 0 Å². The number of amides is 1. The van der Waals surface area contributed by atoms with Gasteiger partial charge in [0.1, 0.15) is 12.7 Å². The van der Waals surface area contributed by atoms with E-state index in [0.29, 0.717) is 6.61 Å². The third kappa shape index (κ3) is 4.06. The summed E-state index contributed by atoms with van der Waals surface area (Å²) in [5.41, 5.74) is 0. The lowest BCUT2D eigenvalue weighted by Gasteiger charge is -2.24. The van der Waals surface area contributed by atoms with Gasteiger partial charge in [-0.25, -0.2) is 4.79 Å². The van der Waals surface area contributed by atoms with Crippen molar-refractivity contribution >= 4 is 14.9 Å². The first kappa shape index (κ1) is 13.4. The van der Waals surface area contributed by atoms with Gasteiger partial charge in [0, 0.05) is 21.3 Å². The molecule has 1 N–H and O–H groups in total. The van der Waals surface area contributed by atoms with Gasteiger partial charge in [-0.15, -0.1) is 0 Å². The van der Waals surface area contributed by atoms with Gasteiger partial charge in [0.15, 0.2) is 0 Å². The van der Waals surface area contributed by atoms with Crippen LogP contribution in [0.25, 0.3) is 0 Å². The second-order valence-corrected chi connectivity index (χ2v) is 6.15. The summed E-state index contributed by atoms with van der Waals surface area (Å²) in [7, 11) is 1.67. The number of carbonyl (C=O) groups excluding carboxylic acids is 1. The van der Waals surface area contributed by atoms with Crippen molar-refractivity contribution in [1.29, 1.82) is 0 Å². The maximum Gasteiger partial charge on any atom is 0.520 e. The molecular formula is C8H17NO6Si. The Kier molecular flexibility index (Phi) is 5.15. The number of epoxide rings is 1. The van der Waals surface area contributed by atoms with Gasteiger partial charge in [0.25, 0.3) is 0 Å². The molecule has 0 aromatic carbocycles. The molecule has 0 saturated carbocycles. The SMILES string of the molecule is CO[Si](CNC(=O)OCC1CO1)(OC)OC. The lowest BCUT2D eigenvalue weighted by atomic mass is 10.5. The topological polar surface area (TPSA) is 78.6 Å². The van der Waals surface area contributed by atoms with E-state index < -0.39 is 14.9 Å². The fraction of sp³-hybridized carbons (Fsp3) is 0.875. The molecule has 1 unspecified atom stereocenters. The van der Waals surface area contributed by atoms with Crippen molar-refractivity contribution in [3.63, 3.8) is 0 Å². The van der Waals surface area contributed by atoms with Crippen LogP contribution in [0.4, 0.5) is 4.79 Å². The van der Waals surface area contributed by atoms with Crippen LogP contribution >= 0.6 is 0 Å². The molecule has 1 aliphatic rings. The van der Waals surface area contributed by atoms with Crippen molar-refractivity contribution < 1.29 is 27.5 Å². The van der Waals surface area contributed by atoms with E-state index in [1.165, 1.54) is 21.3 Å². The first-order chi connectivity index (χ1) is 7.65. The summed E-state index contributed by atoms with van der Waals surface area (Å²) in [4.78, 5) is 11.2. The van der Waals surface area contributed by atoms with E-state index in [1.807, 2.05) is 0 Å². The zero-order chi connectivity index (χ0) is 12.0. The van der Waals surface area contributed by atoms with Crippen LogP contribution in [-0.4, -0.2) is 61.7 Å². The largest absolute Gasteiger partial charge is 0.520 e. The Labute approximate surface area is 95.3 Å². The molecule has 0 bridgehead atoms. The predicted molar refractivity (Wildman–Crippen MR) is 55.9 cm³/mol. The van der Waals surface area contributed by atoms with E-state index in [9.17, 15) is 4.79 Å². The minimum Gasteiger partial charge on any atom is -0.447 e. The second kappa shape index (κ2) is 6.16. The lowest BCUT2D eigenvalue weighted by Crippen LogP contribution is -2.53. The lowest BCUT2D eigenvalue weighted by molar-refractivity contribution is 0.113. The highest BCUT2D eigenvalue weighted by Crippen LogP contribution is 2.08. The Hall–Kier alpha value is -0.673. The quantitative estimate of drug-likeness (QED) is 0.487. The van der Waals surface area contributed by atoms with Gasteiger partial charge in [-0.3, -0.25) is 0 Å². The molecule has 16 heavy (non-hydrogen) atoms. The summed E-state index contributed by atoms with van der Waals surface area (Å²) in [6.45, 7) is 0.924. The highest BCUT2D eigenvalue weighted by molar-refractivity contribution is 6.61. The van der Waals surface area contributed by atoms with Gasteiger partial charge in [0.05, 0.1) is 12.8 Å². The monoisotopic (exact) mass is 251 g/mol. The van der Waals surface area contributed by atoms with Crippen molar-refractivity contribution in [1.82, 2.24) is 5.32 Å². The van der Waals surface area contributed by atoms with E-state index in [4.69, 9.17) is 22.8 Å². The van der Waals surface area contributed by atoms with Gasteiger partial charge in [-0.1, -0.05) is 0 Å². The van der Waals surface area contributed by atoms with Gasteiger partial charge in [-0.2, -0.15) is 0 Å². The van der Waals surface area contributed by atoms with Crippen LogP contribution in [0.5, 0.6) is 0 Å². The summed E-state index contributed by atoms with van der Waals surface area (Å²) in [5, 5.41) is 2.53. The number of hydrogen-bond donors (Lipinski definition) is 1. The molecule has 1 saturated heterocycles. The van der Waals surface area contributed by atoms with Crippen molar-refractivity contribution in [2.75, 3.05) is 40.7 Å². The van der Waals surface area contributed by atoms with Crippen molar-refractivity contribution in [3.05, 3.63) is 0 Å². The molecule has 1 heterocycles. The first-order valence-electron chi connectivity index (χ1n) is 4.83. The third-order valence-corrected chi connectivity index (χ3v) is 4.66. The molecule has 1 amide bonds. The number of ether oxygens (including phenoxy) is 2. The van der Waals surface area contributed by atoms with Crippen molar-refractivity contribution in [3.8, 4) is 0 Å². The summed E-state index contributed by atoms with van der Waals surface area (Å²) < 4.78 is 25.1. The maximum absolute atomic E-state index is 11.2. The Morgan fingerprint density at radius 2 is 1.94 bits per heavy atom. The third-order valence-electron chi connectivity index (χ3n) is 2.18. The molecule has 0 aliphatic carbocycles. The Bertz CT molecular complexity index is 222. The molecule has 0 radical (unpaired) electrons. The summed E-state index contributed by atoms with van der Waals surface area (Å²) in [6, 6.07) is 0. The van der Waals surface area contributed by atoms with Gasteiger partial charge >= 0.3 is 14.9 Å². The highest BCUT2D eigenvalue weighted by Gasteiger charge is 2.38. The van der Waals surface area contributed by atoms with Crippen LogP contribution in [0.2, 0.25) is 0 Å². The molecule has 0 aromatic heterocycles. The van der Waals surface area contributed by atoms with E-state index >= 15 is 0 Å². The summed E-state index contributed by atoms with van der Waals surface area (Å²) in [5.74, 6) is 0. The molecule has 94 valence electrons. The predicted octanol–water partition coefficient (Wildman–Crippen LogP) is -0.471. The Balaban J connectivity index is 2.21. The zero-order valence-electron chi connectivity index (χ0n) is 9.65. The fourth-order valence-corrected chi connectivity index (χ4v) is 2.32. The highest BCUT2D eigenvalue weighted by atomic mass is 28.4. The minimum absolute atomic E-state index is 0.0556. The number of rotatable bonds is 7. The molecule has 1 atom stereocenters. The number of hydrogen-bond acceptors (Lipinski definition) is 6. The van der Waals surface area contributed by atoms with E-state index in [-0.39, 0.29) is 18.9 Å². The molecule has 0 aromatic rings. The maximum atomic E-state index is 11.2. The van der Waals surface area contributed by atoms with Crippen LogP contribution in [0, 0.1) is 0 Å². The van der Waals surface area contributed by atoms with Crippen LogP contribution in [0.15, 0.2) is 0 Å².